The molecule has 2 rings (SSSR count). The molecule has 1 saturated heterocycles. The van der Waals surface area contributed by atoms with Crippen LogP contribution in [0, 0.1) is 10.8 Å². The van der Waals surface area contributed by atoms with E-state index in [9.17, 15) is 13.2 Å². The Labute approximate surface area is 89.0 Å². The maximum atomic E-state index is 11.7. The molecule has 1 aliphatic carbocycles. The van der Waals surface area contributed by atoms with Crippen LogP contribution >= 0.6 is 0 Å². The topological polar surface area (TPSA) is 86.5 Å². The molecule has 1 heterocycles. The number of nitrogens with two attached hydrogens (primary N) is 1. The zero-order valence-electron chi connectivity index (χ0n) is 9.03. The van der Waals surface area contributed by atoms with Gasteiger partial charge in [-0.3, -0.25) is 4.79 Å². The Hall–Kier alpha value is -0.620. The van der Waals surface area contributed by atoms with Crippen molar-refractivity contribution in [2.45, 2.75) is 38.5 Å². The number of carbonyl (C=O) groups excluding carboxylic acids is 1. The van der Waals surface area contributed by atoms with E-state index in [1.165, 1.54) is 0 Å². The summed E-state index contributed by atoms with van der Waals surface area (Å²) in [5, 5.41) is 5.20. The highest BCUT2D eigenvalue weighted by atomic mass is 32.2. The minimum Gasteiger partial charge on any atom is -0.440 e. The summed E-state index contributed by atoms with van der Waals surface area (Å²) in [6.07, 6.45) is 0.802. The van der Waals surface area contributed by atoms with Crippen molar-refractivity contribution in [2.24, 2.45) is 16.0 Å². The van der Waals surface area contributed by atoms with Crippen LogP contribution in [-0.4, -0.2) is 19.3 Å². The molecular weight excluding hydrogens is 218 g/mol. The van der Waals surface area contributed by atoms with E-state index in [2.05, 4.69) is 0 Å². The van der Waals surface area contributed by atoms with Crippen LogP contribution < -0.4 is 5.14 Å². The van der Waals surface area contributed by atoms with Gasteiger partial charge in [0.2, 0.25) is 4.93 Å². The third kappa shape index (κ3) is 0.880. The van der Waals surface area contributed by atoms with Crippen molar-refractivity contribution in [1.29, 1.82) is 0 Å². The SMILES string of the molecule is CC1(C)C2(S(N)(=O)=O)CC[C@]1(C)C(=O)O2. The number of ether oxygens (including phenoxy) is 1. The summed E-state index contributed by atoms with van der Waals surface area (Å²) in [7, 11) is -3.89. The summed E-state index contributed by atoms with van der Waals surface area (Å²) >= 11 is 0. The highest BCUT2D eigenvalue weighted by Gasteiger charge is 2.77. The highest BCUT2D eigenvalue weighted by Crippen LogP contribution is 2.66. The maximum Gasteiger partial charge on any atom is 0.314 e. The molecule has 0 aromatic rings. The van der Waals surface area contributed by atoms with E-state index in [0.29, 0.717) is 12.8 Å². The molecule has 2 aliphatic rings. The van der Waals surface area contributed by atoms with Gasteiger partial charge in [0.15, 0.2) is 0 Å². The Bertz CT molecular complexity index is 441. The van der Waals surface area contributed by atoms with E-state index in [4.69, 9.17) is 9.88 Å². The number of hydrogen-bond donors (Lipinski definition) is 1. The molecule has 2 fully saturated rings. The van der Waals surface area contributed by atoms with E-state index in [-0.39, 0.29) is 0 Å². The zero-order chi connectivity index (χ0) is 11.7. The van der Waals surface area contributed by atoms with E-state index in [1.54, 1.807) is 20.8 Å². The summed E-state index contributed by atoms with van der Waals surface area (Å²) in [4.78, 5) is 10.2. The summed E-state index contributed by atoms with van der Waals surface area (Å²) < 4.78 is 28.3. The van der Waals surface area contributed by atoms with Crippen LogP contribution in [0.4, 0.5) is 0 Å². The lowest BCUT2D eigenvalue weighted by Gasteiger charge is -2.34. The molecule has 2 bridgehead atoms. The number of rotatable bonds is 1. The summed E-state index contributed by atoms with van der Waals surface area (Å²) in [5.41, 5.74) is -1.51. The first-order valence-corrected chi connectivity index (χ1v) is 6.39. The van der Waals surface area contributed by atoms with Gasteiger partial charge in [0.25, 0.3) is 10.0 Å². The molecule has 2 N–H and O–H groups in total. The lowest BCUT2D eigenvalue weighted by molar-refractivity contribution is -0.154. The van der Waals surface area contributed by atoms with Crippen molar-refractivity contribution < 1.29 is 17.9 Å². The Balaban J connectivity index is 2.70. The second-order valence-electron chi connectivity index (χ2n) is 5.14. The van der Waals surface area contributed by atoms with Gasteiger partial charge in [-0.25, -0.2) is 13.6 Å². The summed E-state index contributed by atoms with van der Waals surface area (Å²) in [5.74, 6) is -0.451. The van der Waals surface area contributed by atoms with Crippen LogP contribution in [0.2, 0.25) is 0 Å². The molecule has 15 heavy (non-hydrogen) atoms. The van der Waals surface area contributed by atoms with Crippen molar-refractivity contribution in [3.05, 3.63) is 0 Å². The van der Waals surface area contributed by atoms with Crippen molar-refractivity contribution in [3.63, 3.8) is 0 Å². The van der Waals surface area contributed by atoms with Gasteiger partial charge in [-0.1, -0.05) is 13.8 Å². The summed E-state index contributed by atoms with van der Waals surface area (Å²) in [6.45, 7) is 5.21. The molecule has 5 nitrogen and oxygen atoms in total. The standard InChI is InChI=1S/C9H15NO4S/c1-7(2)8(3)4-5-9(7,14-6(8)11)15(10,12)13/h4-5H2,1-3H3,(H2,10,12,13)/t8-,9?/m1/s1. The Morgan fingerprint density at radius 1 is 1.27 bits per heavy atom. The van der Waals surface area contributed by atoms with E-state index in [0.717, 1.165) is 0 Å². The molecule has 0 amide bonds. The monoisotopic (exact) mass is 233 g/mol. The Morgan fingerprint density at radius 2 is 1.80 bits per heavy atom. The third-order valence-corrected chi connectivity index (χ3v) is 6.17. The van der Waals surface area contributed by atoms with Crippen molar-refractivity contribution in [1.82, 2.24) is 0 Å². The molecule has 1 saturated carbocycles. The first-order chi connectivity index (χ1) is 6.58. The van der Waals surface area contributed by atoms with E-state index < -0.39 is 31.8 Å². The fraction of sp³-hybridized carbons (Fsp3) is 0.889. The Kier molecular flexibility index (Phi) is 1.72. The quantitative estimate of drug-likeness (QED) is 0.662. The van der Waals surface area contributed by atoms with Crippen LogP contribution in [0.25, 0.3) is 0 Å². The molecule has 0 radical (unpaired) electrons. The third-order valence-electron chi connectivity index (χ3n) is 4.45. The number of primary sulfonamides is 1. The van der Waals surface area contributed by atoms with Gasteiger partial charge >= 0.3 is 5.97 Å². The van der Waals surface area contributed by atoms with E-state index in [1.807, 2.05) is 0 Å². The zero-order valence-corrected chi connectivity index (χ0v) is 9.85. The molecule has 6 heteroatoms. The molecule has 86 valence electrons. The maximum absolute atomic E-state index is 11.7. The number of fused-ring (bicyclic) bond motifs is 2. The molecule has 2 atom stereocenters. The van der Waals surface area contributed by atoms with Gasteiger partial charge in [-0.15, -0.1) is 0 Å². The first kappa shape index (κ1) is 10.9. The second-order valence-corrected chi connectivity index (χ2v) is 6.89. The lowest BCUT2D eigenvalue weighted by atomic mass is 9.70. The lowest BCUT2D eigenvalue weighted by Crippen LogP contribution is -2.50. The van der Waals surface area contributed by atoms with Crippen LogP contribution in [0.15, 0.2) is 0 Å². The van der Waals surface area contributed by atoms with Crippen LogP contribution in [0.5, 0.6) is 0 Å². The Morgan fingerprint density at radius 3 is 2.00 bits per heavy atom. The fourth-order valence-corrected chi connectivity index (χ4v) is 4.33. The van der Waals surface area contributed by atoms with Gasteiger partial charge in [-0.05, 0) is 13.3 Å². The summed E-state index contributed by atoms with van der Waals surface area (Å²) in [6, 6.07) is 0. The van der Waals surface area contributed by atoms with Crippen LogP contribution in [0.1, 0.15) is 33.6 Å². The molecule has 0 aromatic carbocycles. The number of sulfonamides is 1. The normalized spacial score (nSPS) is 43.1. The van der Waals surface area contributed by atoms with Crippen LogP contribution in [-0.2, 0) is 19.6 Å². The van der Waals surface area contributed by atoms with Gasteiger partial charge < -0.3 is 4.74 Å². The number of hydrogen-bond acceptors (Lipinski definition) is 4. The molecule has 1 aliphatic heterocycles. The smallest absolute Gasteiger partial charge is 0.314 e. The molecule has 1 unspecified atom stereocenters. The predicted octanol–water partition coefficient (Wildman–Crippen LogP) is 0.354. The first-order valence-electron chi connectivity index (χ1n) is 4.84. The largest absolute Gasteiger partial charge is 0.440 e. The number of carbonyl (C=O) groups is 1. The minimum absolute atomic E-state index is 0.293. The second kappa shape index (κ2) is 2.38. The van der Waals surface area contributed by atoms with Gasteiger partial charge in [0, 0.05) is 11.8 Å². The molecule has 0 spiro atoms. The predicted molar refractivity (Wildman–Crippen MR) is 53.1 cm³/mol. The van der Waals surface area contributed by atoms with Crippen molar-refractivity contribution in [3.8, 4) is 0 Å². The molecule has 0 aromatic heterocycles. The van der Waals surface area contributed by atoms with Crippen molar-refractivity contribution in [2.75, 3.05) is 0 Å². The number of esters is 1. The van der Waals surface area contributed by atoms with Crippen molar-refractivity contribution >= 4 is 16.0 Å². The van der Waals surface area contributed by atoms with E-state index >= 15 is 0 Å². The molecular formula is C9H15NO4S. The van der Waals surface area contributed by atoms with Crippen LogP contribution in [0.3, 0.4) is 0 Å². The fourth-order valence-electron chi connectivity index (χ4n) is 2.81. The van der Waals surface area contributed by atoms with Gasteiger partial charge in [0.1, 0.15) is 0 Å². The minimum atomic E-state index is -3.89. The van der Waals surface area contributed by atoms with Gasteiger partial charge in [0.05, 0.1) is 5.41 Å². The average molecular weight is 233 g/mol. The highest BCUT2D eigenvalue weighted by molar-refractivity contribution is 7.90. The van der Waals surface area contributed by atoms with Gasteiger partial charge in [-0.2, -0.15) is 0 Å². The average Bonchev–Trinajstić information content (AvgIpc) is 2.33.